The molecule has 0 saturated heterocycles. The molecule has 2 aliphatic rings. The first kappa shape index (κ1) is 20.7. The predicted octanol–water partition coefficient (Wildman–Crippen LogP) is 3.37. The zero-order valence-electron chi connectivity index (χ0n) is 15.4. The fourth-order valence-electron chi connectivity index (χ4n) is 3.78. The summed E-state index contributed by atoms with van der Waals surface area (Å²) < 4.78 is 0. The Morgan fingerprint density at radius 2 is 1.92 bits per heavy atom. The molecule has 144 valence electrons. The molecular formula is C20H30ClN3O2. The van der Waals surface area contributed by atoms with E-state index in [-0.39, 0.29) is 36.1 Å². The van der Waals surface area contributed by atoms with E-state index in [1.807, 2.05) is 31.2 Å². The zero-order valence-corrected chi connectivity index (χ0v) is 16.2. The average Bonchev–Trinajstić information content (AvgIpc) is 2.51. The third kappa shape index (κ3) is 4.98. The summed E-state index contributed by atoms with van der Waals surface area (Å²) in [6, 6.07) is 7.69. The van der Waals surface area contributed by atoms with Crippen molar-refractivity contribution in [3.63, 3.8) is 0 Å². The van der Waals surface area contributed by atoms with E-state index in [1.54, 1.807) is 0 Å². The molecule has 2 saturated carbocycles. The number of anilines is 1. The highest BCUT2D eigenvalue weighted by Gasteiger charge is 2.37. The Labute approximate surface area is 161 Å². The van der Waals surface area contributed by atoms with Crippen molar-refractivity contribution in [2.45, 2.75) is 64.0 Å². The standard InChI is InChI=1S/C20H29N3O2.ClH/c1-20(21)11-3-2-10-17(20)19(25)22-13-14-6-4-9-16(12-14)23-18(24)15-7-5-8-15;/h4,6,9,12,15,17H,2-3,5,7-8,10-11,13,21H2,1H3,(H,22,25)(H,23,24);1H. The largest absolute Gasteiger partial charge is 0.352 e. The molecule has 0 heterocycles. The van der Waals surface area contributed by atoms with Gasteiger partial charge < -0.3 is 16.4 Å². The van der Waals surface area contributed by atoms with Crippen LogP contribution in [0.15, 0.2) is 24.3 Å². The smallest absolute Gasteiger partial charge is 0.227 e. The highest BCUT2D eigenvalue weighted by molar-refractivity contribution is 5.93. The summed E-state index contributed by atoms with van der Waals surface area (Å²) in [4.78, 5) is 24.6. The van der Waals surface area contributed by atoms with Crippen LogP contribution in [0.5, 0.6) is 0 Å². The van der Waals surface area contributed by atoms with Crippen LogP contribution in [0.3, 0.4) is 0 Å². The van der Waals surface area contributed by atoms with Gasteiger partial charge in [0.15, 0.2) is 0 Å². The molecule has 2 amide bonds. The molecule has 0 bridgehead atoms. The second-order valence-corrected chi connectivity index (χ2v) is 7.84. The van der Waals surface area contributed by atoms with Crippen molar-refractivity contribution in [1.82, 2.24) is 5.32 Å². The van der Waals surface area contributed by atoms with E-state index in [9.17, 15) is 9.59 Å². The van der Waals surface area contributed by atoms with Gasteiger partial charge in [0.2, 0.25) is 11.8 Å². The summed E-state index contributed by atoms with van der Waals surface area (Å²) in [7, 11) is 0. The van der Waals surface area contributed by atoms with Gasteiger partial charge in [0.05, 0.1) is 5.92 Å². The second kappa shape index (κ2) is 8.87. The Bertz CT molecular complexity index is 644. The van der Waals surface area contributed by atoms with Gasteiger partial charge in [0.25, 0.3) is 0 Å². The minimum Gasteiger partial charge on any atom is -0.352 e. The maximum Gasteiger partial charge on any atom is 0.227 e. The first-order valence-corrected chi connectivity index (χ1v) is 9.42. The van der Waals surface area contributed by atoms with E-state index >= 15 is 0 Å². The Hall–Kier alpha value is -1.59. The van der Waals surface area contributed by atoms with E-state index in [4.69, 9.17) is 5.73 Å². The van der Waals surface area contributed by atoms with E-state index in [0.717, 1.165) is 56.2 Å². The molecule has 1 aromatic rings. The fourth-order valence-corrected chi connectivity index (χ4v) is 3.78. The van der Waals surface area contributed by atoms with Crippen molar-refractivity contribution in [3.8, 4) is 0 Å². The zero-order chi connectivity index (χ0) is 17.9. The molecule has 0 radical (unpaired) electrons. The van der Waals surface area contributed by atoms with E-state index in [2.05, 4.69) is 10.6 Å². The number of amides is 2. The molecular weight excluding hydrogens is 350 g/mol. The van der Waals surface area contributed by atoms with Crippen molar-refractivity contribution in [2.24, 2.45) is 17.6 Å². The number of carbonyl (C=O) groups is 2. The Balaban J connectivity index is 0.00000243. The lowest BCUT2D eigenvalue weighted by atomic mass is 9.74. The summed E-state index contributed by atoms with van der Waals surface area (Å²) >= 11 is 0. The predicted molar refractivity (Wildman–Crippen MR) is 106 cm³/mol. The van der Waals surface area contributed by atoms with Crippen LogP contribution in [0.4, 0.5) is 5.69 Å². The third-order valence-electron chi connectivity index (χ3n) is 5.71. The summed E-state index contributed by atoms with van der Waals surface area (Å²) in [6.07, 6.45) is 7.03. The van der Waals surface area contributed by atoms with Gasteiger partial charge in [-0.25, -0.2) is 0 Å². The van der Waals surface area contributed by atoms with Crippen LogP contribution in [0, 0.1) is 11.8 Å². The van der Waals surface area contributed by atoms with Crippen LogP contribution in [-0.4, -0.2) is 17.4 Å². The van der Waals surface area contributed by atoms with Gasteiger partial charge in [0.1, 0.15) is 0 Å². The topological polar surface area (TPSA) is 84.2 Å². The molecule has 6 heteroatoms. The van der Waals surface area contributed by atoms with E-state index in [0.29, 0.717) is 6.54 Å². The normalized spacial score (nSPS) is 25.5. The lowest BCUT2D eigenvalue weighted by Gasteiger charge is -2.37. The van der Waals surface area contributed by atoms with Crippen molar-refractivity contribution >= 4 is 29.9 Å². The van der Waals surface area contributed by atoms with Crippen LogP contribution < -0.4 is 16.4 Å². The minimum absolute atomic E-state index is 0. The second-order valence-electron chi connectivity index (χ2n) is 7.84. The number of hydrogen-bond acceptors (Lipinski definition) is 3. The molecule has 3 rings (SSSR count). The number of nitrogens with one attached hydrogen (secondary N) is 2. The number of hydrogen-bond donors (Lipinski definition) is 3. The van der Waals surface area contributed by atoms with Crippen LogP contribution in [-0.2, 0) is 16.1 Å². The number of halogens is 1. The summed E-state index contributed by atoms with van der Waals surface area (Å²) in [5, 5.41) is 6.00. The fraction of sp³-hybridized carbons (Fsp3) is 0.600. The van der Waals surface area contributed by atoms with Crippen molar-refractivity contribution < 1.29 is 9.59 Å². The highest BCUT2D eigenvalue weighted by Crippen LogP contribution is 2.31. The van der Waals surface area contributed by atoms with E-state index < -0.39 is 5.54 Å². The molecule has 1 aromatic carbocycles. The average molecular weight is 380 g/mol. The molecule has 0 aliphatic heterocycles. The Morgan fingerprint density at radius 1 is 1.15 bits per heavy atom. The quantitative estimate of drug-likeness (QED) is 0.733. The first-order chi connectivity index (χ1) is 12.0. The molecule has 5 nitrogen and oxygen atoms in total. The molecule has 2 aliphatic carbocycles. The van der Waals surface area contributed by atoms with Gasteiger partial charge in [-0.1, -0.05) is 31.4 Å². The van der Waals surface area contributed by atoms with Crippen LogP contribution in [0.25, 0.3) is 0 Å². The SMILES string of the molecule is CC1(N)CCCCC1C(=O)NCc1cccc(NC(=O)C2CCC2)c1.Cl. The van der Waals surface area contributed by atoms with Gasteiger partial charge in [-0.2, -0.15) is 0 Å². The summed E-state index contributed by atoms with van der Waals surface area (Å²) in [5.41, 5.74) is 7.67. The third-order valence-corrected chi connectivity index (χ3v) is 5.71. The van der Waals surface area contributed by atoms with Gasteiger partial charge in [-0.3, -0.25) is 9.59 Å². The van der Waals surface area contributed by atoms with Gasteiger partial charge in [-0.05, 0) is 50.3 Å². The highest BCUT2D eigenvalue weighted by atomic mass is 35.5. The number of carbonyl (C=O) groups excluding carboxylic acids is 2. The van der Waals surface area contributed by atoms with Gasteiger partial charge >= 0.3 is 0 Å². The van der Waals surface area contributed by atoms with Crippen molar-refractivity contribution in [3.05, 3.63) is 29.8 Å². The maximum atomic E-state index is 12.5. The molecule has 2 unspecified atom stereocenters. The van der Waals surface area contributed by atoms with Crippen LogP contribution in [0.1, 0.15) is 57.4 Å². The summed E-state index contributed by atoms with van der Waals surface area (Å²) in [6.45, 7) is 2.44. The van der Waals surface area contributed by atoms with Crippen LogP contribution in [0.2, 0.25) is 0 Å². The first-order valence-electron chi connectivity index (χ1n) is 9.42. The number of nitrogens with two attached hydrogens (primary N) is 1. The molecule has 2 fully saturated rings. The minimum atomic E-state index is -0.416. The molecule has 4 N–H and O–H groups in total. The Kier molecular flexibility index (Phi) is 7.07. The van der Waals surface area contributed by atoms with Crippen molar-refractivity contribution in [2.75, 3.05) is 5.32 Å². The number of rotatable bonds is 5. The lowest BCUT2D eigenvalue weighted by molar-refractivity contribution is -0.128. The van der Waals surface area contributed by atoms with E-state index in [1.165, 1.54) is 0 Å². The monoisotopic (exact) mass is 379 g/mol. The molecule has 0 aromatic heterocycles. The molecule has 26 heavy (non-hydrogen) atoms. The van der Waals surface area contributed by atoms with Gasteiger partial charge in [-0.15, -0.1) is 12.4 Å². The lowest BCUT2D eigenvalue weighted by Crippen LogP contribution is -2.52. The summed E-state index contributed by atoms with van der Waals surface area (Å²) in [5.74, 6) is 0.182. The van der Waals surface area contributed by atoms with Crippen LogP contribution >= 0.6 is 12.4 Å². The maximum absolute atomic E-state index is 12.5. The van der Waals surface area contributed by atoms with Gasteiger partial charge in [0, 0.05) is 23.7 Å². The molecule has 2 atom stereocenters. The Morgan fingerprint density at radius 3 is 2.58 bits per heavy atom. The van der Waals surface area contributed by atoms with Crippen molar-refractivity contribution in [1.29, 1.82) is 0 Å². The molecule has 0 spiro atoms. The number of benzene rings is 1.